The molecule has 1 rings (SSSR count). The lowest BCUT2D eigenvalue weighted by Gasteiger charge is -2.10. The van der Waals surface area contributed by atoms with Crippen molar-refractivity contribution in [2.45, 2.75) is 18.6 Å². The van der Waals surface area contributed by atoms with Crippen molar-refractivity contribution in [2.24, 2.45) is 5.73 Å². The first-order chi connectivity index (χ1) is 9.20. The van der Waals surface area contributed by atoms with Crippen molar-refractivity contribution in [3.63, 3.8) is 0 Å². The van der Waals surface area contributed by atoms with E-state index in [1.165, 1.54) is 0 Å². The Morgan fingerprint density at radius 3 is 2.57 bits per heavy atom. The number of hydrogen-bond acceptors (Lipinski definition) is 6. The summed E-state index contributed by atoms with van der Waals surface area (Å²) < 4.78 is 41.6. The predicted molar refractivity (Wildman–Crippen MR) is 65.0 cm³/mol. The summed E-state index contributed by atoms with van der Waals surface area (Å²) in [6.07, 6.45) is -4.50. The van der Waals surface area contributed by atoms with Crippen molar-refractivity contribution in [1.29, 1.82) is 0 Å². The number of ether oxygens (including phenoxy) is 1. The van der Waals surface area contributed by atoms with Crippen LogP contribution in [0.3, 0.4) is 0 Å². The van der Waals surface area contributed by atoms with Gasteiger partial charge in [0.1, 0.15) is 6.61 Å². The molecular weight excluding hydrogens is 319 g/mol. The summed E-state index contributed by atoms with van der Waals surface area (Å²) in [5, 5.41) is 8.43. The number of carboxylic acids is 1. The molecule has 1 aromatic rings. The topological polar surface area (TPSA) is 115 Å². The lowest BCUT2D eigenvalue weighted by molar-refractivity contribution is -0.145. The van der Waals surface area contributed by atoms with Crippen LogP contribution in [-0.2, 0) is 15.8 Å². The third-order valence-electron chi connectivity index (χ3n) is 2.05. The van der Waals surface area contributed by atoms with E-state index in [4.69, 9.17) is 15.6 Å². The Morgan fingerprint density at radius 1 is 1.43 bits per heavy atom. The summed E-state index contributed by atoms with van der Waals surface area (Å²) in [4.78, 5) is 27.8. The van der Waals surface area contributed by atoms with Crippen molar-refractivity contribution in [1.82, 2.24) is 9.97 Å². The molecule has 0 radical (unpaired) electrons. The third kappa shape index (κ3) is 6.36. The lowest BCUT2D eigenvalue weighted by Crippen LogP contribution is -2.36. The van der Waals surface area contributed by atoms with Crippen LogP contribution in [-0.4, -0.2) is 39.5 Å². The molecule has 0 aliphatic carbocycles. The standard InChI is InChI=1S/C10H10F3N3O4.ClH/c11-10(12,13)9-15-2-1-7(16-9)20-4-6(17)5(14)3-8(18)19;/h1-2,5H,3-4,14H2,(H,18,19);1H/t5-;/m0./s1. The molecule has 0 saturated heterocycles. The number of carbonyl (C=O) groups excluding carboxylic acids is 1. The van der Waals surface area contributed by atoms with Gasteiger partial charge in [-0.3, -0.25) is 9.59 Å². The predicted octanol–water partition coefficient (Wildman–Crippen LogP) is 0.667. The van der Waals surface area contributed by atoms with Gasteiger partial charge in [0.15, 0.2) is 5.78 Å². The Balaban J connectivity index is 0.00000400. The number of nitrogens with two attached hydrogens (primary N) is 1. The molecule has 0 aliphatic rings. The maximum absolute atomic E-state index is 12.3. The van der Waals surface area contributed by atoms with Gasteiger partial charge in [-0.1, -0.05) is 0 Å². The number of aliphatic carboxylic acids is 1. The van der Waals surface area contributed by atoms with Crippen LogP contribution >= 0.6 is 12.4 Å². The van der Waals surface area contributed by atoms with Crippen LogP contribution in [0.25, 0.3) is 0 Å². The molecule has 7 nitrogen and oxygen atoms in total. The highest BCUT2D eigenvalue weighted by Crippen LogP contribution is 2.26. The Morgan fingerprint density at radius 2 is 2.05 bits per heavy atom. The minimum Gasteiger partial charge on any atom is -0.481 e. The van der Waals surface area contributed by atoms with Crippen LogP contribution in [0, 0.1) is 0 Å². The van der Waals surface area contributed by atoms with E-state index < -0.39 is 48.7 Å². The minimum atomic E-state index is -4.73. The van der Waals surface area contributed by atoms with E-state index in [0.29, 0.717) is 0 Å². The van der Waals surface area contributed by atoms with Crippen LogP contribution in [0.1, 0.15) is 12.2 Å². The fraction of sp³-hybridized carbons (Fsp3) is 0.400. The number of hydrogen-bond donors (Lipinski definition) is 2. The molecule has 0 spiro atoms. The van der Waals surface area contributed by atoms with E-state index in [0.717, 1.165) is 12.3 Å². The zero-order valence-electron chi connectivity index (χ0n) is 10.3. The van der Waals surface area contributed by atoms with E-state index in [2.05, 4.69) is 9.97 Å². The van der Waals surface area contributed by atoms with Crippen LogP contribution in [0.4, 0.5) is 13.2 Å². The van der Waals surface area contributed by atoms with Crippen LogP contribution in [0.5, 0.6) is 5.88 Å². The van der Waals surface area contributed by atoms with Crippen molar-refractivity contribution >= 4 is 24.2 Å². The van der Waals surface area contributed by atoms with Gasteiger partial charge in [0, 0.05) is 12.3 Å². The van der Waals surface area contributed by atoms with E-state index in [-0.39, 0.29) is 12.4 Å². The number of alkyl halides is 3. The first-order valence-electron chi connectivity index (χ1n) is 5.23. The highest BCUT2D eigenvalue weighted by molar-refractivity contribution is 5.88. The number of carboxylic acid groups (broad SMARTS) is 1. The molecule has 1 aromatic heterocycles. The van der Waals surface area contributed by atoms with Gasteiger partial charge < -0.3 is 15.6 Å². The van der Waals surface area contributed by atoms with Crippen molar-refractivity contribution in [3.8, 4) is 5.88 Å². The van der Waals surface area contributed by atoms with Crippen LogP contribution in [0.2, 0.25) is 0 Å². The van der Waals surface area contributed by atoms with Gasteiger partial charge in [0.2, 0.25) is 11.7 Å². The van der Waals surface area contributed by atoms with Gasteiger partial charge in [-0.15, -0.1) is 12.4 Å². The summed E-state index contributed by atoms with van der Waals surface area (Å²) in [5.74, 6) is -3.90. The van der Waals surface area contributed by atoms with Gasteiger partial charge in [0.05, 0.1) is 12.5 Å². The molecule has 11 heteroatoms. The monoisotopic (exact) mass is 329 g/mol. The van der Waals surface area contributed by atoms with Gasteiger partial charge in [-0.25, -0.2) is 4.98 Å². The summed E-state index contributed by atoms with van der Waals surface area (Å²) in [5.41, 5.74) is 5.26. The average Bonchev–Trinajstić information content (AvgIpc) is 2.34. The second-order valence-electron chi connectivity index (χ2n) is 3.68. The maximum atomic E-state index is 12.3. The number of carbonyl (C=O) groups is 2. The fourth-order valence-electron chi connectivity index (χ4n) is 1.11. The zero-order chi connectivity index (χ0) is 15.3. The molecule has 0 amide bonds. The molecule has 21 heavy (non-hydrogen) atoms. The SMILES string of the molecule is Cl.N[C@@H](CC(=O)O)C(=O)COc1ccnc(C(F)(F)F)n1. The quantitative estimate of drug-likeness (QED) is 0.787. The Kier molecular flexibility index (Phi) is 7.02. The van der Waals surface area contributed by atoms with Crippen LogP contribution in [0.15, 0.2) is 12.3 Å². The van der Waals surface area contributed by atoms with Gasteiger partial charge >= 0.3 is 12.1 Å². The largest absolute Gasteiger partial charge is 0.481 e. The number of rotatable bonds is 6. The molecular formula is C10H11ClF3N3O4. The second-order valence-corrected chi connectivity index (χ2v) is 3.68. The molecule has 0 aliphatic heterocycles. The fourth-order valence-corrected chi connectivity index (χ4v) is 1.11. The number of aromatic nitrogens is 2. The zero-order valence-corrected chi connectivity index (χ0v) is 11.1. The molecule has 0 aromatic carbocycles. The van der Waals surface area contributed by atoms with E-state index in [1.807, 2.05) is 0 Å². The van der Waals surface area contributed by atoms with Crippen molar-refractivity contribution < 1.29 is 32.6 Å². The van der Waals surface area contributed by atoms with Crippen molar-refractivity contribution in [3.05, 3.63) is 18.1 Å². The van der Waals surface area contributed by atoms with Gasteiger partial charge in [-0.2, -0.15) is 18.2 Å². The van der Waals surface area contributed by atoms with E-state index >= 15 is 0 Å². The second kappa shape index (κ2) is 7.74. The lowest BCUT2D eigenvalue weighted by atomic mass is 10.1. The Bertz CT molecular complexity index is 513. The number of ketones is 1. The number of nitrogens with zero attached hydrogens (tertiary/aromatic N) is 2. The molecule has 3 N–H and O–H groups in total. The summed E-state index contributed by atoms with van der Waals surface area (Å²) in [7, 11) is 0. The molecule has 1 atom stereocenters. The number of halogens is 4. The molecule has 0 unspecified atom stereocenters. The highest BCUT2D eigenvalue weighted by Gasteiger charge is 2.34. The summed E-state index contributed by atoms with van der Waals surface area (Å²) >= 11 is 0. The maximum Gasteiger partial charge on any atom is 0.451 e. The normalized spacial score (nSPS) is 12.2. The van der Waals surface area contributed by atoms with Gasteiger partial charge in [-0.05, 0) is 0 Å². The molecule has 0 fully saturated rings. The van der Waals surface area contributed by atoms with Crippen molar-refractivity contribution in [2.75, 3.05) is 6.61 Å². The van der Waals surface area contributed by atoms with E-state index in [1.54, 1.807) is 0 Å². The molecule has 118 valence electrons. The Labute approximate surface area is 122 Å². The number of Topliss-reactive ketones (excluding diaryl/α,β-unsaturated/α-hetero) is 1. The smallest absolute Gasteiger partial charge is 0.451 e. The van der Waals surface area contributed by atoms with E-state index in [9.17, 15) is 22.8 Å². The summed E-state index contributed by atoms with van der Waals surface area (Å²) in [6.45, 7) is -0.678. The molecule has 0 bridgehead atoms. The third-order valence-corrected chi connectivity index (χ3v) is 2.05. The first kappa shape index (κ1) is 19.1. The molecule has 0 saturated carbocycles. The molecule has 1 heterocycles. The highest BCUT2D eigenvalue weighted by atomic mass is 35.5. The Hall–Kier alpha value is -1.94. The van der Waals surface area contributed by atoms with Crippen LogP contribution < -0.4 is 10.5 Å². The average molecular weight is 330 g/mol. The van der Waals surface area contributed by atoms with Gasteiger partial charge in [0.25, 0.3) is 0 Å². The minimum absolute atomic E-state index is 0. The summed E-state index contributed by atoms with van der Waals surface area (Å²) in [6, 6.07) is -0.262. The first-order valence-corrected chi connectivity index (χ1v) is 5.23.